The number of nitrogens with zero attached hydrogens (tertiary/aromatic N) is 2. The molecule has 1 N–H and O–H groups in total. The van der Waals surface area contributed by atoms with Gasteiger partial charge in [-0.2, -0.15) is 0 Å². The number of H-pyrrole nitrogens is 1. The van der Waals surface area contributed by atoms with Crippen molar-refractivity contribution in [3.63, 3.8) is 0 Å². The van der Waals surface area contributed by atoms with E-state index >= 15 is 0 Å². The van der Waals surface area contributed by atoms with Crippen molar-refractivity contribution in [2.75, 3.05) is 19.3 Å². The number of aromatic nitrogens is 2. The first-order valence-electron chi connectivity index (χ1n) is 12.7. The standard InChI is InChI=1S/C29H26FN3O2S.C2H6/c1-36(34,35)26-8-2-21(3-9-26)12-17-33-18-13-22(14-19-33)27-20-32-29(24-4-6-25(30)7-5-24)28(27)23-10-15-31-16-11-23;1-2/h2-13,15-17,20,32H,14,18-19H2,1H3;1-2H3. The van der Waals surface area contributed by atoms with Gasteiger partial charge in [-0.3, -0.25) is 4.98 Å². The second-order valence-electron chi connectivity index (χ2n) is 8.83. The van der Waals surface area contributed by atoms with Crippen LogP contribution in [0.3, 0.4) is 0 Å². The summed E-state index contributed by atoms with van der Waals surface area (Å²) in [6.45, 7) is 5.62. The Labute approximate surface area is 224 Å². The van der Waals surface area contributed by atoms with Gasteiger partial charge in [0.1, 0.15) is 5.82 Å². The van der Waals surface area contributed by atoms with E-state index < -0.39 is 9.84 Å². The number of halogens is 1. The van der Waals surface area contributed by atoms with Crippen molar-refractivity contribution in [1.82, 2.24) is 14.9 Å². The van der Waals surface area contributed by atoms with Crippen LogP contribution in [-0.2, 0) is 9.84 Å². The van der Waals surface area contributed by atoms with Crippen molar-refractivity contribution in [3.8, 4) is 22.4 Å². The van der Waals surface area contributed by atoms with Crippen LogP contribution in [0.5, 0.6) is 0 Å². The Kier molecular flexibility index (Phi) is 8.59. The fourth-order valence-electron chi connectivity index (χ4n) is 4.42. The first kappa shape index (κ1) is 27.1. The molecule has 3 heterocycles. The highest BCUT2D eigenvalue weighted by Crippen LogP contribution is 2.39. The first-order chi connectivity index (χ1) is 18.4. The van der Waals surface area contributed by atoms with Crippen LogP contribution in [-0.4, -0.2) is 42.6 Å². The third-order valence-corrected chi connectivity index (χ3v) is 7.48. The monoisotopic (exact) mass is 529 g/mol. The van der Waals surface area contributed by atoms with Crippen LogP contribution in [0.1, 0.15) is 31.4 Å². The Bertz CT molecular complexity index is 1520. The molecule has 196 valence electrons. The summed E-state index contributed by atoms with van der Waals surface area (Å²) in [6.07, 6.45) is 14.0. The molecule has 0 saturated heterocycles. The van der Waals surface area contributed by atoms with Crippen LogP contribution in [0.2, 0.25) is 0 Å². The molecule has 5 rings (SSSR count). The lowest BCUT2D eigenvalue weighted by Crippen LogP contribution is -2.22. The van der Waals surface area contributed by atoms with Crippen molar-refractivity contribution in [2.24, 2.45) is 0 Å². The predicted octanol–water partition coefficient (Wildman–Crippen LogP) is 7.07. The van der Waals surface area contributed by atoms with E-state index in [-0.39, 0.29) is 5.82 Å². The van der Waals surface area contributed by atoms with Crippen LogP contribution in [0.4, 0.5) is 4.39 Å². The third-order valence-electron chi connectivity index (χ3n) is 6.35. The van der Waals surface area contributed by atoms with E-state index in [1.54, 1.807) is 36.7 Å². The zero-order chi connectivity index (χ0) is 27.1. The van der Waals surface area contributed by atoms with Crippen molar-refractivity contribution in [1.29, 1.82) is 0 Å². The molecular formula is C31H32FN3O2S. The van der Waals surface area contributed by atoms with Gasteiger partial charge in [0, 0.05) is 49.1 Å². The molecule has 5 nitrogen and oxygen atoms in total. The third kappa shape index (κ3) is 6.29. The van der Waals surface area contributed by atoms with Crippen molar-refractivity contribution >= 4 is 21.5 Å². The number of nitrogens with one attached hydrogen (secondary N) is 1. The smallest absolute Gasteiger partial charge is 0.175 e. The number of hydrogen-bond donors (Lipinski definition) is 1. The number of hydrogen-bond acceptors (Lipinski definition) is 4. The van der Waals surface area contributed by atoms with E-state index in [0.29, 0.717) is 4.90 Å². The number of aromatic amines is 1. The molecule has 0 bridgehead atoms. The maximum atomic E-state index is 13.5. The molecule has 0 atom stereocenters. The molecule has 7 heteroatoms. The summed E-state index contributed by atoms with van der Waals surface area (Å²) in [5.74, 6) is -0.259. The Balaban J connectivity index is 0.00000164. The summed E-state index contributed by atoms with van der Waals surface area (Å²) in [6, 6.07) is 17.4. The fraction of sp³-hybridized carbons (Fsp3) is 0.194. The van der Waals surface area contributed by atoms with Crippen LogP contribution in [0.15, 0.2) is 96.4 Å². The summed E-state index contributed by atoms with van der Waals surface area (Å²) in [7, 11) is -3.19. The van der Waals surface area contributed by atoms with Gasteiger partial charge in [0.05, 0.1) is 10.6 Å². The minimum absolute atomic E-state index is 0.259. The highest BCUT2D eigenvalue weighted by molar-refractivity contribution is 7.90. The van der Waals surface area contributed by atoms with Crippen LogP contribution in [0.25, 0.3) is 34.0 Å². The van der Waals surface area contributed by atoms with Crippen LogP contribution < -0.4 is 0 Å². The van der Waals surface area contributed by atoms with Crippen molar-refractivity contribution in [3.05, 3.63) is 108 Å². The Morgan fingerprint density at radius 2 is 1.63 bits per heavy atom. The molecule has 0 saturated carbocycles. The van der Waals surface area contributed by atoms with Crippen molar-refractivity contribution < 1.29 is 12.8 Å². The number of sulfone groups is 1. The molecule has 0 aliphatic carbocycles. The minimum Gasteiger partial charge on any atom is -0.373 e. The van der Waals surface area contributed by atoms with Gasteiger partial charge >= 0.3 is 0 Å². The molecule has 2 aromatic heterocycles. The van der Waals surface area contributed by atoms with Crippen LogP contribution in [0, 0.1) is 5.82 Å². The topological polar surface area (TPSA) is 66.1 Å². The Morgan fingerprint density at radius 1 is 0.947 bits per heavy atom. The van der Waals surface area contributed by atoms with Gasteiger partial charge in [-0.05, 0) is 89.5 Å². The lowest BCUT2D eigenvalue weighted by Gasteiger charge is -2.25. The zero-order valence-electron chi connectivity index (χ0n) is 21.9. The van der Waals surface area contributed by atoms with E-state index in [0.717, 1.165) is 53.0 Å². The molecule has 0 unspecified atom stereocenters. The summed E-state index contributed by atoms with van der Waals surface area (Å²) in [5, 5.41) is 0. The maximum absolute atomic E-state index is 13.5. The molecular weight excluding hydrogens is 497 g/mol. The van der Waals surface area contributed by atoms with Gasteiger partial charge < -0.3 is 9.88 Å². The van der Waals surface area contributed by atoms with Gasteiger partial charge in [-0.15, -0.1) is 0 Å². The number of rotatable bonds is 6. The number of pyridine rings is 1. The quantitative estimate of drug-likeness (QED) is 0.290. The van der Waals surface area contributed by atoms with E-state index in [9.17, 15) is 12.8 Å². The SMILES string of the molecule is CC.CS(=O)(=O)c1ccc(C=CN2CC=C(c3c[nH]c(-c4ccc(F)cc4)c3-c3ccncc3)CC2)cc1. The average molecular weight is 530 g/mol. The molecule has 0 amide bonds. The molecule has 4 aromatic rings. The second-order valence-corrected chi connectivity index (χ2v) is 10.8. The van der Waals surface area contributed by atoms with E-state index in [2.05, 4.69) is 20.9 Å². The molecule has 1 aliphatic heterocycles. The van der Waals surface area contributed by atoms with Gasteiger partial charge in [0.25, 0.3) is 0 Å². The van der Waals surface area contributed by atoms with Gasteiger partial charge in [-0.25, -0.2) is 12.8 Å². The number of benzene rings is 2. The molecule has 2 aromatic carbocycles. The molecule has 38 heavy (non-hydrogen) atoms. The Morgan fingerprint density at radius 3 is 2.24 bits per heavy atom. The fourth-order valence-corrected chi connectivity index (χ4v) is 5.05. The molecule has 0 radical (unpaired) electrons. The Hall–Kier alpha value is -3.97. The predicted molar refractivity (Wildman–Crippen MR) is 154 cm³/mol. The van der Waals surface area contributed by atoms with E-state index in [1.807, 2.05) is 56.6 Å². The lowest BCUT2D eigenvalue weighted by molar-refractivity contribution is 0.416. The van der Waals surface area contributed by atoms with Crippen molar-refractivity contribution in [2.45, 2.75) is 25.2 Å². The zero-order valence-corrected chi connectivity index (χ0v) is 22.7. The summed E-state index contributed by atoms with van der Waals surface area (Å²) in [5.41, 5.74) is 7.38. The molecule has 1 aliphatic rings. The molecule has 0 spiro atoms. The van der Waals surface area contributed by atoms with Gasteiger partial charge in [0.2, 0.25) is 0 Å². The largest absolute Gasteiger partial charge is 0.373 e. The first-order valence-corrected chi connectivity index (χ1v) is 14.6. The van der Waals surface area contributed by atoms with E-state index in [4.69, 9.17) is 0 Å². The molecule has 0 fully saturated rings. The van der Waals surface area contributed by atoms with E-state index in [1.165, 1.54) is 24.0 Å². The summed E-state index contributed by atoms with van der Waals surface area (Å²) in [4.78, 5) is 10.1. The second kappa shape index (κ2) is 12.0. The highest BCUT2D eigenvalue weighted by atomic mass is 32.2. The average Bonchev–Trinajstić information content (AvgIpc) is 3.39. The van der Waals surface area contributed by atoms with Gasteiger partial charge in [-0.1, -0.05) is 32.1 Å². The summed E-state index contributed by atoms with van der Waals surface area (Å²) < 4.78 is 36.8. The lowest BCUT2D eigenvalue weighted by atomic mass is 9.92. The normalized spacial score (nSPS) is 13.7. The summed E-state index contributed by atoms with van der Waals surface area (Å²) >= 11 is 0. The van der Waals surface area contributed by atoms with Gasteiger partial charge in [0.15, 0.2) is 9.84 Å². The maximum Gasteiger partial charge on any atom is 0.175 e. The minimum atomic E-state index is -3.19. The highest BCUT2D eigenvalue weighted by Gasteiger charge is 2.20. The van der Waals surface area contributed by atoms with Crippen LogP contribution >= 0.6 is 0 Å².